The average molecular weight is 279 g/mol. The number of sulfone groups is 1. The molecule has 18 heavy (non-hydrogen) atoms. The first-order valence-corrected chi connectivity index (χ1v) is 8.25. The van der Waals surface area contributed by atoms with Crippen LogP contribution < -0.4 is 10.6 Å². The fraction of sp³-hybridized carbons (Fsp3) is 0.909. The molecule has 0 aromatic carbocycles. The van der Waals surface area contributed by atoms with Crippen molar-refractivity contribution < 1.29 is 13.2 Å². The fourth-order valence-electron chi connectivity index (χ4n) is 1.36. The van der Waals surface area contributed by atoms with Crippen molar-refractivity contribution in [3.8, 4) is 0 Å². The van der Waals surface area contributed by atoms with Gasteiger partial charge in [0.1, 0.15) is 9.84 Å². The number of hydrogen-bond donors (Lipinski definition) is 2. The molecule has 0 aliphatic carbocycles. The Morgan fingerprint density at radius 3 is 2.33 bits per heavy atom. The zero-order chi connectivity index (χ0) is 14.2. The molecule has 0 heterocycles. The lowest BCUT2D eigenvalue weighted by molar-refractivity contribution is 0.235. The average Bonchev–Trinajstić information content (AvgIpc) is 2.20. The lowest BCUT2D eigenvalue weighted by Crippen LogP contribution is -2.43. The van der Waals surface area contributed by atoms with Crippen molar-refractivity contribution in [2.75, 3.05) is 38.2 Å². The topological polar surface area (TPSA) is 78.5 Å². The maximum atomic E-state index is 11.3. The number of likely N-dealkylation sites (N-methyl/N-ethyl adjacent to an activating group) is 1. The van der Waals surface area contributed by atoms with E-state index in [1.165, 1.54) is 6.26 Å². The molecule has 7 heteroatoms. The van der Waals surface area contributed by atoms with E-state index in [9.17, 15) is 13.2 Å². The summed E-state index contributed by atoms with van der Waals surface area (Å²) in [7, 11) is -2.93. The molecule has 0 atom stereocenters. The van der Waals surface area contributed by atoms with Crippen molar-refractivity contribution in [1.82, 2.24) is 15.5 Å². The summed E-state index contributed by atoms with van der Waals surface area (Å²) >= 11 is 0. The summed E-state index contributed by atoms with van der Waals surface area (Å²) < 4.78 is 22.1. The highest BCUT2D eigenvalue weighted by Crippen LogP contribution is 1.90. The van der Waals surface area contributed by atoms with Gasteiger partial charge in [0.05, 0.1) is 5.75 Å². The van der Waals surface area contributed by atoms with Crippen LogP contribution >= 0.6 is 0 Å². The first kappa shape index (κ1) is 17.2. The third-order valence-electron chi connectivity index (χ3n) is 2.36. The van der Waals surface area contributed by atoms with Crippen molar-refractivity contribution >= 4 is 15.9 Å². The second-order valence-electron chi connectivity index (χ2n) is 4.62. The SMILES string of the molecule is CCN(CCNC(=O)NC(C)C)CCS(C)(=O)=O. The maximum absolute atomic E-state index is 11.3. The number of carbonyl (C=O) groups excluding carboxylic acids is 1. The first-order chi connectivity index (χ1) is 8.24. The van der Waals surface area contributed by atoms with Gasteiger partial charge in [-0.2, -0.15) is 0 Å². The molecule has 0 rings (SSSR count). The van der Waals surface area contributed by atoms with Gasteiger partial charge in [-0.1, -0.05) is 6.92 Å². The Balaban J connectivity index is 3.84. The van der Waals surface area contributed by atoms with Gasteiger partial charge >= 0.3 is 6.03 Å². The number of rotatable bonds is 8. The number of hydrogen-bond acceptors (Lipinski definition) is 4. The van der Waals surface area contributed by atoms with Crippen molar-refractivity contribution in [1.29, 1.82) is 0 Å². The molecular formula is C11H25N3O3S. The molecule has 0 bridgehead atoms. The molecular weight excluding hydrogens is 254 g/mol. The van der Waals surface area contributed by atoms with Crippen LogP contribution in [0.5, 0.6) is 0 Å². The second kappa shape index (κ2) is 8.31. The van der Waals surface area contributed by atoms with Crippen LogP contribution in [0.2, 0.25) is 0 Å². The smallest absolute Gasteiger partial charge is 0.315 e. The largest absolute Gasteiger partial charge is 0.337 e. The van der Waals surface area contributed by atoms with Crippen LogP contribution in [-0.4, -0.2) is 63.6 Å². The molecule has 108 valence electrons. The van der Waals surface area contributed by atoms with E-state index in [2.05, 4.69) is 10.6 Å². The third-order valence-corrected chi connectivity index (χ3v) is 3.28. The quantitative estimate of drug-likeness (QED) is 0.658. The van der Waals surface area contributed by atoms with Gasteiger partial charge in [0.15, 0.2) is 0 Å². The maximum Gasteiger partial charge on any atom is 0.315 e. The van der Waals surface area contributed by atoms with Crippen LogP contribution in [-0.2, 0) is 9.84 Å². The van der Waals surface area contributed by atoms with E-state index in [0.29, 0.717) is 19.6 Å². The minimum atomic E-state index is -2.93. The van der Waals surface area contributed by atoms with Gasteiger partial charge in [0.25, 0.3) is 0 Å². The molecule has 0 aliphatic rings. The van der Waals surface area contributed by atoms with Crippen molar-refractivity contribution in [3.63, 3.8) is 0 Å². The van der Waals surface area contributed by atoms with Gasteiger partial charge in [-0.15, -0.1) is 0 Å². The van der Waals surface area contributed by atoms with E-state index in [-0.39, 0.29) is 17.8 Å². The van der Waals surface area contributed by atoms with Crippen molar-refractivity contribution in [2.24, 2.45) is 0 Å². The summed E-state index contributed by atoms with van der Waals surface area (Å²) in [5.41, 5.74) is 0. The number of nitrogens with zero attached hydrogens (tertiary/aromatic N) is 1. The fourth-order valence-corrected chi connectivity index (χ4v) is 1.95. The highest BCUT2D eigenvalue weighted by molar-refractivity contribution is 7.90. The Labute approximate surface area is 110 Å². The zero-order valence-electron chi connectivity index (χ0n) is 11.7. The minimum Gasteiger partial charge on any atom is -0.337 e. The first-order valence-electron chi connectivity index (χ1n) is 6.19. The van der Waals surface area contributed by atoms with Crippen LogP contribution in [0, 0.1) is 0 Å². The number of urea groups is 1. The molecule has 0 aromatic rings. The highest BCUT2D eigenvalue weighted by atomic mass is 32.2. The van der Waals surface area contributed by atoms with Gasteiger partial charge in [-0.05, 0) is 20.4 Å². The standard InChI is InChI=1S/C11H25N3O3S/c1-5-14(8-9-18(4,16)17)7-6-12-11(15)13-10(2)3/h10H,5-9H2,1-4H3,(H2,12,13,15). The van der Waals surface area contributed by atoms with Gasteiger partial charge in [0.2, 0.25) is 0 Å². The van der Waals surface area contributed by atoms with E-state index in [4.69, 9.17) is 0 Å². The third kappa shape index (κ3) is 10.3. The summed E-state index contributed by atoms with van der Waals surface area (Å²) in [6.45, 7) is 8.18. The van der Waals surface area contributed by atoms with Gasteiger partial charge < -0.3 is 15.5 Å². The Morgan fingerprint density at radius 2 is 1.89 bits per heavy atom. The number of amides is 2. The van der Waals surface area contributed by atoms with Crippen LogP contribution in [0.25, 0.3) is 0 Å². The van der Waals surface area contributed by atoms with E-state index < -0.39 is 9.84 Å². The Morgan fingerprint density at radius 1 is 1.28 bits per heavy atom. The van der Waals surface area contributed by atoms with Crippen molar-refractivity contribution in [3.05, 3.63) is 0 Å². The van der Waals surface area contributed by atoms with Crippen molar-refractivity contribution in [2.45, 2.75) is 26.8 Å². The molecule has 0 unspecified atom stereocenters. The Bertz CT molecular complexity index is 341. The molecule has 0 spiro atoms. The number of carbonyl (C=O) groups is 1. The van der Waals surface area contributed by atoms with Gasteiger partial charge in [-0.3, -0.25) is 0 Å². The molecule has 2 N–H and O–H groups in total. The van der Waals surface area contributed by atoms with Crippen LogP contribution in [0.4, 0.5) is 4.79 Å². The lowest BCUT2D eigenvalue weighted by atomic mass is 10.4. The predicted molar refractivity (Wildman–Crippen MR) is 73.5 cm³/mol. The molecule has 0 radical (unpaired) electrons. The normalized spacial score (nSPS) is 11.9. The Kier molecular flexibility index (Phi) is 7.93. The predicted octanol–water partition coefficient (Wildman–Crippen LogP) is 0.0605. The zero-order valence-corrected chi connectivity index (χ0v) is 12.5. The van der Waals surface area contributed by atoms with Gasteiger partial charge in [0, 0.05) is 31.9 Å². The van der Waals surface area contributed by atoms with Gasteiger partial charge in [-0.25, -0.2) is 13.2 Å². The lowest BCUT2D eigenvalue weighted by Gasteiger charge is -2.20. The number of nitrogens with one attached hydrogen (secondary N) is 2. The second-order valence-corrected chi connectivity index (χ2v) is 6.88. The van der Waals surface area contributed by atoms with E-state index >= 15 is 0 Å². The molecule has 0 saturated heterocycles. The summed E-state index contributed by atoms with van der Waals surface area (Å²) in [4.78, 5) is 13.3. The summed E-state index contributed by atoms with van der Waals surface area (Å²) in [6, 6.07) is -0.0818. The monoisotopic (exact) mass is 279 g/mol. The molecule has 6 nitrogen and oxygen atoms in total. The summed E-state index contributed by atoms with van der Waals surface area (Å²) in [5, 5.41) is 5.46. The van der Waals surface area contributed by atoms with E-state index in [1.807, 2.05) is 25.7 Å². The van der Waals surface area contributed by atoms with Crippen LogP contribution in [0.3, 0.4) is 0 Å². The highest BCUT2D eigenvalue weighted by Gasteiger charge is 2.08. The van der Waals surface area contributed by atoms with E-state index in [0.717, 1.165) is 6.54 Å². The minimum absolute atomic E-state index is 0.109. The molecule has 0 saturated carbocycles. The summed E-state index contributed by atoms with van der Waals surface area (Å²) in [5.74, 6) is 0.152. The molecule has 0 aromatic heterocycles. The Hall–Kier alpha value is -0.820. The van der Waals surface area contributed by atoms with Crippen LogP contribution in [0.15, 0.2) is 0 Å². The molecule has 0 fully saturated rings. The van der Waals surface area contributed by atoms with E-state index in [1.54, 1.807) is 0 Å². The summed E-state index contributed by atoms with van der Waals surface area (Å²) in [6.07, 6.45) is 1.23. The van der Waals surface area contributed by atoms with Crippen LogP contribution in [0.1, 0.15) is 20.8 Å². The molecule has 0 aliphatic heterocycles. The molecule has 2 amide bonds.